The normalized spacial score (nSPS) is 17.2. The highest BCUT2D eigenvalue weighted by Crippen LogP contribution is 2.26. The van der Waals surface area contributed by atoms with E-state index >= 15 is 0 Å². The third kappa shape index (κ3) is 2.50. The maximum Gasteiger partial charge on any atom is 0.243 e. The number of rotatable bonds is 2. The van der Waals surface area contributed by atoms with E-state index in [2.05, 4.69) is 6.07 Å². The Morgan fingerprint density at radius 2 is 2.18 bits per heavy atom. The average Bonchev–Trinajstić information content (AvgIpc) is 2.59. The van der Waals surface area contributed by atoms with Gasteiger partial charge in [0.05, 0.1) is 6.04 Å². The van der Waals surface area contributed by atoms with Gasteiger partial charge in [0.15, 0.2) is 0 Å². The second-order valence-corrected chi connectivity index (χ2v) is 4.59. The molecule has 0 radical (unpaired) electrons. The lowest BCUT2D eigenvalue weighted by Gasteiger charge is -2.25. The van der Waals surface area contributed by atoms with Crippen LogP contribution in [0, 0.1) is 0 Å². The fourth-order valence-corrected chi connectivity index (χ4v) is 2.30. The predicted octanol–water partition coefficient (Wildman–Crippen LogP) is 2.09. The molecule has 1 aliphatic heterocycles. The lowest BCUT2D eigenvalue weighted by atomic mass is 10.1. The molecule has 1 atom stereocenters. The first-order valence-corrected chi connectivity index (χ1v) is 6.39. The van der Waals surface area contributed by atoms with Crippen molar-refractivity contribution in [1.29, 1.82) is 0 Å². The smallest absolute Gasteiger partial charge is 0.243 e. The Bertz CT molecular complexity index is 403. The van der Waals surface area contributed by atoms with Crippen molar-refractivity contribution in [2.45, 2.75) is 38.6 Å². The van der Waals surface area contributed by atoms with Gasteiger partial charge in [0.1, 0.15) is 0 Å². The van der Waals surface area contributed by atoms with Gasteiger partial charge in [-0.2, -0.15) is 0 Å². The minimum atomic E-state index is -0.374. The summed E-state index contributed by atoms with van der Waals surface area (Å²) in [5.74, 6) is 0.0573. The molecule has 3 nitrogen and oxygen atoms in total. The number of para-hydroxylation sites is 1. The Kier molecular flexibility index (Phi) is 3.79. The van der Waals surface area contributed by atoms with Gasteiger partial charge >= 0.3 is 0 Å². The number of carbonyl (C=O) groups excluding carboxylic acids is 1. The van der Waals surface area contributed by atoms with Crippen LogP contribution >= 0.6 is 0 Å². The summed E-state index contributed by atoms with van der Waals surface area (Å²) < 4.78 is 0. The van der Waals surface area contributed by atoms with Crippen LogP contribution in [0.5, 0.6) is 0 Å². The zero-order valence-electron chi connectivity index (χ0n) is 10.4. The Labute approximate surface area is 103 Å². The summed E-state index contributed by atoms with van der Waals surface area (Å²) in [5, 5.41) is 0. The topological polar surface area (TPSA) is 46.3 Å². The van der Waals surface area contributed by atoms with Crippen molar-refractivity contribution in [3.63, 3.8) is 0 Å². The molecule has 1 amide bonds. The molecule has 1 aliphatic rings. The lowest BCUT2D eigenvalue weighted by molar-refractivity contribution is -0.119. The zero-order valence-corrected chi connectivity index (χ0v) is 10.4. The van der Waals surface area contributed by atoms with Crippen molar-refractivity contribution >= 4 is 11.6 Å². The number of benzene rings is 1. The molecule has 0 spiro atoms. The van der Waals surface area contributed by atoms with Crippen LogP contribution in [-0.4, -0.2) is 18.5 Å². The first kappa shape index (κ1) is 12.1. The van der Waals surface area contributed by atoms with Gasteiger partial charge in [-0.3, -0.25) is 4.79 Å². The minimum Gasteiger partial charge on any atom is -0.320 e. The molecule has 1 aromatic carbocycles. The van der Waals surface area contributed by atoms with E-state index < -0.39 is 0 Å². The average molecular weight is 232 g/mol. The van der Waals surface area contributed by atoms with Gasteiger partial charge < -0.3 is 10.6 Å². The van der Waals surface area contributed by atoms with E-state index in [-0.39, 0.29) is 11.9 Å². The van der Waals surface area contributed by atoms with E-state index in [1.807, 2.05) is 30.0 Å². The second kappa shape index (κ2) is 5.32. The number of hydrogen-bond acceptors (Lipinski definition) is 2. The summed E-state index contributed by atoms with van der Waals surface area (Å²) >= 11 is 0. The van der Waals surface area contributed by atoms with E-state index in [0.29, 0.717) is 6.42 Å². The molecule has 17 heavy (non-hydrogen) atoms. The quantitative estimate of drug-likeness (QED) is 0.848. The van der Waals surface area contributed by atoms with Crippen LogP contribution in [0.15, 0.2) is 24.3 Å². The largest absolute Gasteiger partial charge is 0.320 e. The third-order valence-electron chi connectivity index (χ3n) is 3.38. The van der Waals surface area contributed by atoms with Gasteiger partial charge in [-0.05, 0) is 37.3 Å². The molecular weight excluding hydrogens is 212 g/mol. The summed E-state index contributed by atoms with van der Waals surface area (Å²) in [5.41, 5.74) is 8.18. The number of anilines is 1. The SMILES string of the molecule is CC[C@H](N)C(=O)N1CCCCc2ccccc21. The monoisotopic (exact) mass is 232 g/mol. The molecule has 1 heterocycles. The molecule has 92 valence electrons. The summed E-state index contributed by atoms with van der Waals surface area (Å²) in [6.45, 7) is 2.75. The number of fused-ring (bicyclic) bond motifs is 1. The number of hydrogen-bond donors (Lipinski definition) is 1. The van der Waals surface area contributed by atoms with Crippen LogP contribution in [-0.2, 0) is 11.2 Å². The highest BCUT2D eigenvalue weighted by molar-refractivity contribution is 5.97. The van der Waals surface area contributed by atoms with Crippen molar-refractivity contribution < 1.29 is 4.79 Å². The van der Waals surface area contributed by atoms with Crippen molar-refractivity contribution in [2.24, 2.45) is 5.73 Å². The highest BCUT2D eigenvalue weighted by atomic mass is 16.2. The Morgan fingerprint density at radius 3 is 2.94 bits per heavy atom. The maximum atomic E-state index is 12.2. The van der Waals surface area contributed by atoms with Crippen LogP contribution < -0.4 is 10.6 Å². The van der Waals surface area contributed by atoms with Gasteiger partial charge in [0, 0.05) is 12.2 Å². The van der Waals surface area contributed by atoms with Crippen LogP contribution in [0.1, 0.15) is 31.7 Å². The number of nitrogens with zero attached hydrogens (tertiary/aromatic N) is 1. The molecule has 2 rings (SSSR count). The van der Waals surface area contributed by atoms with Crippen LogP contribution in [0.25, 0.3) is 0 Å². The minimum absolute atomic E-state index is 0.0573. The summed E-state index contributed by atoms with van der Waals surface area (Å²) in [6, 6.07) is 7.79. The molecule has 3 heteroatoms. The highest BCUT2D eigenvalue weighted by Gasteiger charge is 2.24. The van der Waals surface area contributed by atoms with E-state index in [1.165, 1.54) is 5.56 Å². The van der Waals surface area contributed by atoms with Crippen molar-refractivity contribution in [3.8, 4) is 0 Å². The van der Waals surface area contributed by atoms with Gasteiger partial charge in [-0.25, -0.2) is 0 Å². The molecule has 0 bridgehead atoms. The molecule has 0 fully saturated rings. The molecule has 1 aromatic rings. The van der Waals surface area contributed by atoms with E-state index in [0.717, 1.165) is 31.5 Å². The fourth-order valence-electron chi connectivity index (χ4n) is 2.30. The molecule has 0 aromatic heterocycles. The van der Waals surface area contributed by atoms with Gasteiger partial charge in [-0.1, -0.05) is 25.1 Å². The Hall–Kier alpha value is -1.35. The van der Waals surface area contributed by atoms with Gasteiger partial charge in [0.25, 0.3) is 0 Å². The van der Waals surface area contributed by atoms with Crippen LogP contribution in [0.4, 0.5) is 5.69 Å². The van der Waals surface area contributed by atoms with Crippen LogP contribution in [0.2, 0.25) is 0 Å². The second-order valence-electron chi connectivity index (χ2n) is 4.59. The molecule has 0 saturated heterocycles. The van der Waals surface area contributed by atoms with E-state index in [9.17, 15) is 4.79 Å². The molecule has 0 unspecified atom stereocenters. The number of carbonyl (C=O) groups is 1. The zero-order chi connectivity index (χ0) is 12.3. The molecule has 0 saturated carbocycles. The Morgan fingerprint density at radius 1 is 1.41 bits per heavy atom. The fraction of sp³-hybridized carbons (Fsp3) is 0.500. The van der Waals surface area contributed by atoms with Gasteiger partial charge in [-0.15, -0.1) is 0 Å². The van der Waals surface area contributed by atoms with Crippen LogP contribution in [0.3, 0.4) is 0 Å². The predicted molar refractivity (Wildman–Crippen MR) is 70.0 cm³/mol. The third-order valence-corrected chi connectivity index (χ3v) is 3.38. The molecular formula is C14H20N2O. The summed E-state index contributed by atoms with van der Waals surface area (Å²) in [4.78, 5) is 14.1. The van der Waals surface area contributed by atoms with Gasteiger partial charge in [0.2, 0.25) is 5.91 Å². The van der Waals surface area contributed by atoms with Crippen molar-refractivity contribution in [1.82, 2.24) is 0 Å². The summed E-state index contributed by atoms with van der Waals surface area (Å²) in [6.07, 6.45) is 3.94. The molecule has 2 N–H and O–H groups in total. The Balaban J connectivity index is 2.31. The van der Waals surface area contributed by atoms with Crippen molar-refractivity contribution in [2.75, 3.05) is 11.4 Å². The number of amides is 1. The first-order valence-electron chi connectivity index (χ1n) is 6.39. The summed E-state index contributed by atoms with van der Waals surface area (Å²) in [7, 11) is 0. The maximum absolute atomic E-state index is 12.2. The lowest BCUT2D eigenvalue weighted by Crippen LogP contribution is -2.44. The van der Waals surface area contributed by atoms with Crippen molar-refractivity contribution in [3.05, 3.63) is 29.8 Å². The number of nitrogens with two attached hydrogens (primary N) is 1. The van der Waals surface area contributed by atoms with E-state index in [4.69, 9.17) is 5.73 Å². The van der Waals surface area contributed by atoms with E-state index in [1.54, 1.807) is 0 Å². The number of aryl methyl sites for hydroxylation is 1. The standard InChI is InChI=1S/C14H20N2O/c1-2-12(15)14(17)16-10-6-5-8-11-7-3-4-9-13(11)16/h3-4,7,9,12H,2,5-6,8,10,15H2,1H3/t12-/m0/s1. The molecule has 0 aliphatic carbocycles. The first-order chi connectivity index (χ1) is 8.24.